The van der Waals surface area contributed by atoms with Gasteiger partial charge in [-0.25, -0.2) is 0 Å². The van der Waals surface area contributed by atoms with E-state index in [4.69, 9.17) is 9.15 Å². The van der Waals surface area contributed by atoms with E-state index < -0.39 is 0 Å². The molecule has 16 heavy (non-hydrogen) atoms. The molecule has 0 bridgehead atoms. The molecule has 5 nitrogen and oxygen atoms in total. The minimum absolute atomic E-state index is 0.0151. The fourth-order valence-corrected chi connectivity index (χ4v) is 1.19. The first-order valence-electron chi connectivity index (χ1n) is 5.31. The lowest BCUT2D eigenvalue weighted by atomic mass is 10.3. The van der Waals surface area contributed by atoms with Gasteiger partial charge in [0.2, 0.25) is 5.91 Å². The second-order valence-corrected chi connectivity index (χ2v) is 3.35. The summed E-state index contributed by atoms with van der Waals surface area (Å²) in [5.74, 6) is 0.780. The molecular weight excluding hydrogens is 208 g/mol. The minimum Gasteiger partial charge on any atom is -0.467 e. The van der Waals surface area contributed by atoms with E-state index in [9.17, 15) is 4.79 Å². The summed E-state index contributed by atoms with van der Waals surface area (Å²) in [7, 11) is 1.65. The van der Waals surface area contributed by atoms with Crippen molar-refractivity contribution in [3.8, 4) is 0 Å². The van der Waals surface area contributed by atoms with E-state index in [1.807, 2.05) is 6.07 Å². The van der Waals surface area contributed by atoms with E-state index in [2.05, 4.69) is 10.6 Å². The van der Waals surface area contributed by atoms with Gasteiger partial charge in [0.25, 0.3) is 0 Å². The zero-order valence-electron chi connectivity index (χ0n) is 9.49. The highest BCUT2D eigenvalue weighted by molar-refractivity contribution is 5.75. The average molecular weight is 226 g/mol. The standard InChI is InChI=1S/C11H18N2O3/c1-15-8-6-12-5-4-11(14)13-9-10-3-2-7-16-10/h2-3,7,12H,4-6,8-9H2,1H3,(H,13,14). The topological polar surface area (TPSA) is 63.5 Å². The van der Waals surface area contributed by atoms with E-state index in [1.165, 1.54) is 0 Å². The van der Waals surface area contributed by atoms with Crippen molar-refractivity contribution >= 4 is 5.91 Å². The molecule has 2 N–H and O–H groups in total. The van der Waals surface area contributed by atoms with Gasteiger partial charge < -0.3 is 19.8 Å². The van der Waals surface area contributed by atoms with Gasteiger partial charge in [0.15, 0.2) is 0 Å². The molecule has 0 aliphatic carbocycles. The van der Waals surface area contributed by atoms with Gasteiger partial charge in [0.1, 0.15) is 5.76 Å². The summed E-state index contributed by atoms with van der Waals surface area (Å²) in [5, 5.41) is 5.87. The molecule has 0 atom stereocenters. The summed E-state index contributed by atoms with van der Waals surface area (Å²) in [6.45, 7) is 2.53. The summed E-state index contributed by atoms with van der Waals surface area (Å²) in [6.07, 6.45) is 2.05. The average Bonchev–Trinajstić information content (AvgIpc) is 2.79. The Kier molecular flexibility index (Phi) is 6.29. The van der Waals surface area contributed by atoms with Gasteiger partial charge in [0, 0.05) is 26.6 Å². The number of nitrogens with one attached hydrogen (secondary N) is 2. The molecule has 0 radical (unpaired) electrons. The van der Waals surface area contributed by atoms with Crippen molar-refractivity contribution in [2.75, 3.05) is 26.8 Å². The van der Waals surface area contributed by atoms with Gasteiger partial charge in [-0.05, 0) is 12.1 Å². The molecule has 0 aliphatic rings. The van der Waals surface area contributed by atoms with Crippen LogP contribution in [0.15, 0.2) is 22.8 Å². The van der Waals surface area contributed by atoms with E-state index >= 15 is 0 Å². The van der Waals surface area contributed by atoms with Crippen LogP contribution in [0.3, 0.4) is 0 Å². The maximum Gasteiger partial charge on any atom is 0.221 e. The number of carbonyl (C=O) groups is 1. The first-order chi connectivity index (χ1) is 7.83. The maximum absolute atomic E-state index is 11.3. The smallest absolute Gasteiger partial charge is 0.221 e. The summed E-state index contributed by atoms with van der Waals surface area (Å²) >= 11 is 0. The van der Waals surface area contributed by atoms with E-state index in [0.717, 1.165) is 12.3 Å². The Morgan fingerprint density at radius 3 is 3.06 bits per heavy atom. The molecule has 90 valence electrons. The van der Waals surface area contributed by atoms with Crippen LogP contribution in [0.2, 0.25) is 0 Å². The first-order valence-corrected chi connectivity index (χ1v) is 5.31. The second kappa shape index (κ2) is 7.90. The normalized spacial score (nSPS) is 10.3. The van der Waals surface area contributed by atoms with Crippen LogP contribution < -0.4 is 10.6 Å². The minimum atomic E-state index is 0.0151. The van der Waals surface area contributed by atoms with Crippen molar-refractivity contribution in [2.24, 2.45) is 0 Å². The highest BCUT2D eigenvalue weighted by Crippen LogP contribution is 1.98. The van der Waals surface area contributed by atoms with Crippen LogP contribution >= 0.6 is 0 Å². The number of hydrogen-bond acceptors (Lipinski definition) is 4. The van der Waals surface area contributed by atoms with Crippen molar-refractivity contribution in [3.63, 3.8) is 0 Å². The number of hydrogen-bond donors (Lipinski definition) is 2. The number of methoxy groups -OCH3 is 1. The molecule has 0 aliphatic heterocycles. The van der Waals surface area contributed by atoms with Crippen LogP contribution in [-0.4, -0.2) is 32.7 Å². The Morgan fingerprint density at radius 2 is 2.38 bits per heavy atom. The molecule has 1 rings (SSSR count). The van der Waals surface area contributed by atoms with Gasteiger partial charge >= 0.3 is 0 Å². The molecule has 5 heteroatoms. The molecular formula is C11H18N2O3. The highest BCUT2D eigenvalue weighted by atomic mass is 16.5. The number of furan rings is 1. The largest absolute Gasteiger partial charge is 0.467 e. The van der Waals surface area contributed by atoms with E-state index in [0.29, 0.717) is 26.1 Å². The molecule has 0 spiro atoms. The first kappa shape index (κ1) is 12.7. The van der Waals surface area contributed by atoms with Gasteiger partial charge in [-0.15, -0.1) is 0 Å². The third kappa shape index (κ3) is 5.53. The molecule has 0 saturated heterocycles. The van der Waals surface area contributed by atoms with Crippen molar-refractivity contribution in [3.05, 3.63) is 24.2 Å². The van der Waals surface area contributed by atoms with Crippen molar-refractivity contribution in [1.82, 2.24) is 10.6 Å². The quantitative estimate of drug-likeness (QED) is 0.634. The molecule has 1 amide bonds. The van der Waals surface area contributed by atoms with Crippen LogP contribution in [0.25, 0.3) is 0 Å². The summed E-state index contributed by atoms with van der Waals surface area (Å²) in [5.41, 5.74) is 0. The van der Waals surface area contributed by atoms with Gasteiger partial charge in [-0.3, -0.25) is 4.79 Å². The summed E-state index contributed by atoms with van der Waals surface area (Å²) in [4.78, 5) is 11.3. The van der Waals surface area contributed by atoms with Crippen molar-refractivity contribution < 1.29 is 13.9 Å². The molecule has 0 unspecified atom stereocenters. The third-order valence-corrected chi connectivity index (χ3v) is 2.05. The molecule has 1 heterocycles. The van der Waals surface area contributed by atoms with Crippen LogP contribution in [0, 0.1) is 0 Å². The monoisotopic (exact) mass is 226 g/mol. The molecule has 0 aromatic carbocycles. The van der Waals surface area contributed by atoms with Crippen LogP contribution in [-0.2, 0) is 16.1 Å². The number of amides is 1. The maximum atomic E-state index is 11.3. The zero-order valence-corrected chi connectivity index (χ0v) is 9.49. The van der Waals surface area contributed by atoms with Gasteiger partial charge in [-0.1, -0.05) is 0 Å². The lowest BCUT2D eigenvalue weighted by molar-refractivity contribution is -0.121. The number of carbonyl (C=O) groups excluding carboxylic acids is 1. The van der Waals surface area contributed by atoms with E-state index in [1.54, 1.807) is 19.4 Å². The predicted molar refractivity (Wildman–Crippen MR) is 59.9 cm³/mol. The fraction of sp³-hybridized carbons (Fsp3) is 0.545. The molecule has 0 fully saturated rings. The van der Waals surface area contributed by atoms with Gasteiger partial charge in [0.05, 0.1) is 19.4 Å². The van der Waals surface area contributed by atoms with Crippen molar-refractivity contribution in [1.29, 1.82) is 0 Å². The number of rotatable bonds is 8. The number of ether oxygens (including phenoxy) is 1. The molecule has 1 aromatic rings. The Bertz CT molecular complexity index is 285. The third-order valence-electron chi connectivity index (χ3n) is 2.05. The lowest BCUT2D eigenvalue weighted by Gasteiger charge is -2.04. The van der Waals surface area contributed by atoms with E-state index in [-0.39, 0.29) is 5.91 Å². The summed E-state index contributed by atoms with van der Waals surface area (Å²) < 4.78 is 9.96. The Hall–Kier alpha value is -1.33. The Labute approximate surface area is 95.2 Å². The van der Waals surface area contributed by atoms with Gasteiger partial charge in [-0.2, -0.15) is 0 Å². The Balaban J connectivity index is 1.99. The van der Waals surface area contributed by atoms with Crippen LogP contribution in [0.4, 0.5) is 0 Å². The second-order valence-electron chi connectivity index (χ2n) is 3.35. The predicted octanol–water partition coefficient (Wildman–Crippen LogP) is 0.522. The highest BCUT2D eigenvalue weighted by Gasteiger charge is 2.01. The SMILES string of the molecule is COCCNCCC(=O)NCc1ccco1. The van der Waals surface area contributed by atoms with Crippen LogP contribution in [0.5, 0.6) is 0 Å². The fourth-order valence-electron chi connectivity index (χ4n) is 1.19. The van der Waals surface area contributed by atoms with Crippen LogP contribution in [0.1, 0.15) is 12.2 Å². The molecule has 1 aromatic heterocycles. The zero-order chi connectivity index (χ0) is 11.6. The summed E-state index contributed by atoms with van der Waals surface area (Å²) in [6, 6.07) is 3.63. The van der Waals surface area contributed by atoms with Crippen molar-refractivity contribution in [2.45, 2.75) is 13.0 Å². The Morgan fingerprint density at radius 1 is 1.50 bits per heavy atom. The molecule has 0 saturated carbocycles. The lowest BCUT2D eigenvalue weighted by Crippen LogP contribution is -2.28.